The average molecular weight is 353 g/mol. The van der Waals surface area contributed by atoms with Gasteiger partial charge in [0.1, 0.15) is 11.6 Å². The number of nitrogens with zero attached hydrogens (tertiary/aromatic N) is 1. The lowest BCUT2D eigenvalue weighted by molar-refractivity contribution is -0.136. The van der Waals surface area contributed by atoms with E-state index in [4.69, 9.17) is 44.6 Å². The monoisotopic (exact) mass is 351 g/mol. The Balaban J connectivity index is 2.05. The number of benzene rings is 1. The number of carboxylic acids is 1. The van der Waals surface area contributed by atoms with E-state index >= 15 is 0 Å². The molecule has 0 saturated heterocycles. The minimum Gasteiger partial charge on any atom is -0.483 e. The molecule has 1 heterocycles. The van der Waals surface area contributed by atoms with Crippen molar-refractivity contribution in [2.24, 2.45) is 0 Å². The molecule has 0 aliphatic rings. The molecule has 106 valence electrons. The number of aromatic nitrogens is 1. The third-order valence-electron chi connectivity index (χ3n) is 2.23. The Bertz CT molecular complexity index is 622. The number of ether oxygens (including phenoxy) is 1. The van der Waals surface area contributed by atoms with Crippen molar-refractivity contribution < 1.29 is 14.6 Å². The summed E-state index contributed by atoms with van der Waals surface area (Å²) in [7, 11) is 0. The van der Waals surface area contributed by atoms with Crippen LogP contribution in [-0.2, 0) is 17.8 Å². The van der Waals surface area contributed by atoms with Gasteiger partial charge in [-0.15, -0.1) is 11.3 Å². The third-order valence-corrected chi connectivity index (χ3v) is 3.89. The maximum Gasteiger partial charge on any atom is 0.309 e. The molecule has 2 aromatic rings. The summed E-state index contributed by atoms with van der Waals surface area (Å²) in [6.07, 6.45) is -0.112. The van der Waals surface area contributed by atoms with Gasteiger partial charge in [-0.3, -0.25) is 4.79 Å². The molecule has 1 N–H and O–H groups in total. The van der Waals surface area contributed by atoms with Crippen molar-refractivity contribution in [3.8, 4) is 5.75 Å². The second-order valence-corrected chi connectivity index (χ2v) is 5.98. The van der Waals surface area contributed by atoms with Gasteiger partial charge in [-0.2, -0.15) is 0 Å². The summed E-state index contributed by atoms with van der Waals surface area (Å²) < 4.78 is 5.50. The molecule has 0 fully saturated rings. The van der Waals surface area contributed by atoms with Crippen LogP contribution in [0.2, 0.25) is 15.1 Å². The minimum absolute atomic E-state index is 0.112. The first-order valence-electron chi connectivity index (χ1n) is 5.38. The molecule has 0 bridgehead atoms. The Hall–Kier alpha value is -1.01. The van der Waals surface area contributed by atoms with Gasteiger partial charge in [0.05, 0.1) is 22.2 Å². The van der Waals surface area contributed by atoms with Crippen LogP contribution < -0.4 is 4.74 Å². The van der Waals surface area contributed by atoms with Gasteiger partial charge < -0.3 is 9.84 Å². The highest BCUT2D eigenvalue weighted by Gasteiger charge is 2.11. The molecule has 0 spiro atoms. The standard InChI is InChI=1S/C12H8Cl3NO3S/c13-6-1-8(14)12(9(15)2-6)19-4-10-16-7(5-20-10)3-11(17)18/h1-2,5H,3-4H2,(H,17,18). The second kappa shape index (κ2) is 6.63. The third kappa shape index (κ3) is 3.99. The van der Waals surface area contributed by atoms with Crippen LogP contribution in [0.4, 0.5) is 0 Å². The summed E-state index contributed by atoms with van der Waals surface area (Å²) in [5, 5.41) is 12.0. The van der Waals surface area contributed by atoms with Crippen LogP contribution in [0.3, 0.4) is 0 Å². The molecule has 0 aliphatic carbocycles. The fourth-order valence-corrected chi connectivity index (χ4v) is 3.08. The van der Waals surface area contributed by atoms with Gasteiger partial charge in [-0.1, -0.05) is 34.8 Å². The van der Waals surface area contributed by atoms with Crippen LogP contribution in [-0.4, -0.2) is 16.1 Å². The molecule has 0 saturated carbocycles. The molecule has 20 heavy (non-hydrogen) atoms. The summed E-state index contributed by atoms with van der Waals surface area (Å²) in [5.41, 5.74) is 0.495. The zero-order valence-electron chi connectivity index (χ0n) is 9.90. The van der Waals surface area contributed by atoms with Crippen LogP contribution in [0, 0.1) is 0 Å². The van der Waals surface area contributed by atoms with Gasteiger partial charge in [0.2, 0.25) is 0 Å². The molecule has 0 aliphatic heterocycles. The van der Waals surface area contributed by atoms with Crippen molar-refractivity contribution in [3.63, 3.8) is 0 Å². The predicted molar refractivity (Wildman–Crippen MR) is 79.3 cm³/mol. The maximum atomic E-state index is 10.6. The Morgan fingerprint density at radius 3 is 2.55 bits per heavy atom. The van der Waals surface area contributed by atoms with Crippen molar-refractivity contribution in [1.82, 2.24) is 4.98 Å². The average Bonchev–Trinajstić information content (AvgIpc) is 2.74. The Kier molecular flexibility index (Phi) is 5.10. The Labute approximate surface area is 133 Å². The molecular formula is C12H8Cl3NO3S. The number of carboxylic acid groups (broad SMARTS) is 1. The SMILES string of the molecule is O=C(O)Cc1csc(COc2c(Cl)cc(Cl)cc2Cl)n1. The first-order chi connectivity index (χ1) is 9.45. The Morgan fingerprint density at radius 1 is 1.30 bits per heavy atom. The smallest absolute Gasteiger partial charge is 0.309 e. The van der Waals surface area contributed by atoms with E-state index in [2.05, 4.69) is 4.98 Å². The quantitative estimate of drug-likeness (QED) is 0.871. The summed E-state index contributed by atoms with van der Waals surface area (Å²) >= 11 is 19.1. The molecule has 0 unspecified atom stereocenters. The number of carbonyl (C=O) groups is 1. The van der Waals surface area contributed by atoms with Crippen molar-refractivity contribution in [3.05, 3.63) is 43.3 Å². The molecule has 0 atom stereocenters. The highest BCUT2D eigenvalue weighted by Crippen LogP contribution is 2.36. The second-order valence-electron chi connectivity index (χ2n) is 3.79. The topological polar surface area (TPSA) is 59.4 Å². The molecule has 1 aromatic heterocycles. The van der Waals surface area contributed by atoms with Crippen molar-refractivity contribution in [2.45, 2.75) is 13.0 Å². The van der Waals surface area contributed by atoms with Gasteiger partial charge in [-0.05, 0) is 12.1 Å². The largest absolute Gasteiger partial charge is 0.483 e. The molecular weight excluding hydrogens is 345 g/mol. The van der Waals surface area contributed by atoms with Crippen molar-refractivity contribution >= 4 is 52.1 Å². The van der Waals surface area contributed by atoms with E-state index < -0.39 is 5.97 Å². The fourth-order valence-electron chi connectivity index (χ4n) is 1.45. The zero-order valence-corrected chi connectivity index (χ0v) is 13.0. The lowest BCUT2D eigenvalue weighted by atomic mass is 10.3. The molecule has 1 aromatic carbocycles. The number of aliphatic carboxylic acids is 1. The van der Waals surface area contributed by atoms with E-state index in [0.717, 1.165) is 0 Å². The normalized spacial score (nSPS) is 10.6. The van der Waals surface area contributed by atoms with Gasteiger partial charge in [-0.25, -0.2) is 4.98 Å². The van der Waals surface area contributed by atoms with Crippen LogP contribution >= 0.6 is 46.1 Å². The van der Waals surface area contributed by atoms with E-state index in [1.165, 1.54) is 23.5 Å². The van der Waals surface area contributed by atoms with E-state index in [1.807, 2.05) is 0 Å². The highest BCUT2D eigenvalue weighted by molar-refractivity contribution is 7.09. The first kappa shape index (κ1) is 15.4. The Morgan fingerprint density at radius 2 is 1.95 bits per heavy atom. The minimum atomic E-state index is -0.924. The van der Waals surface area contributed by atoms with E-state index in [9.17, 15) is 4.79 Å². The molecule has 0 amide bonds. The fraction of sp³-hybridized carbons (Fsp3) is 0.167. The molecule has 0 radical (unpaired) electrons. The van der Waals surface area contributed by atoms with Crippen molar-refractivity contribution in [2.75, 3.05) is 0 Å². The lowest BCUT2D eigenvalue weighted by Crippen LogP contribution is -2.01. The summed E-state index contributed by atoms with van der Waals surface area (Å²) in [6.45, 7) is 0.158. The summed E-state index contributed by atoms with van der Waals surface area (Å²) in [5.74, 6) is -0.598. The number of thiazole rings is 1. The number of rotatable bonds is 5. The first-order valence-corrected chi connectivity index (χ1v) is 7.39. The molecule has 2 rings (SSSR count). The highest BCUT2D eigenvalue weighted by atomic mass is 35.5. The summed E-state index contributed by atoms with van der Waals surface area (Å²) in [4.78, 5) is 14.7. The van der Waals surface area contributed by atoms with Gasteiger partial charge in [0.25, 0.3) is 0 Å². The number of hydrogen-bond acceptors (Lipinski definition) is 4. The predicted octanol–water partition coefficient (Wildman–Crippen LogP) is 4.31. The number of halogens is 3. The number of hydrogen-bond donors (Lipinski definition) is 1. The van der Waals surface area contributed by atoms with Crippen LogP contribution in [0.25, 0.3) is 0 Å². The van der Waals surface area contributed by atoms with Gasteiger partial charge in [0.15, 0.2) is 5.75 Å². The van der Waals surface area contributed by atoms with Crippen LogP contribution in [0.15, 0.2) is 17.5 Å². The zero-order chi connectivity index (χ0) is 14.7. The molecule has 8 heteroatoms. The summed E-state index contributed by atoms with van der Waals surface area (Å²) in [6, 6.07) is 3.06. The molecule has 4 nitrogen and oxygen atoms in total. The van der Waals surface area contributed by atoms with E-state index in [1.54, 1.807) is 5.38 Å². The van der Waals surface area contributed by atoms with Gasteiger partial charge in [0, 0.05) is 10.4 Å². The van der Waals surface area contributed by atoms with Crippen molar-refractivity contribution in [1.29, 1.82) is 0 Å². The van der Waals surface area contributed by atoms with Gasteiger partial charge >= 0.3 is 5.97 Å². The van der Waals surface area contributed by atoms with Crippen LogP contribution in [0.1, 0.15) is 10.7 Å². The van der Waals surface area contributed by atoms with E-state index in [0.29, 0.717) is 31.5 Å². The maximum absolute atomic E-state index is 10.6. The van der Waals surface area contributed by atoms with Crippen LogP contribution in [0.5, 0.6) is 5.75 Å². The van der Waals surface area contributed by atoms with E-state index in [-0.39, 0.29) is 13.0 Å². The lowest BCUT2D eigenvalue weighted by Gasteiger charge is -2.08.